The Kier molecular flexibility index (Phi) is 7.31. The minimum Gasteiger partial charge on any atom is -0.503 e. The van der Waals surface area contributed by atoms with Crippen molar-refractivity contribution >= 4 is 21.8 Å². The molecule has 1 rings (SSSR count). The van der Waals surface area contributed by atoms with Crippen molar-refractivity contribution in [2.45, 2.75) is 20.3 Å². The Morgan fingerprint density at radius 1 is 1.38 bits per heavy atom. The van der Waals surface area contributed by atoms with E-state index in [0.29, 0.717) is 17.8 Å². The number of halogens is 2. The molecular weight excluding hydrogens is 336 g/mol. The molecule has 0 unspecified atom stereocenters. The number of pyridine rings is 1. The number of aromatic hydroxyl groups is 1. The highest BCUT2D eigenvalue weighted by molar-refractivity contribution is 8.26. The first kappa shape index (κ1) is 19.6. The number of aryl methyl sites for hydroxylation is 1. The van der Waals surface area contributed by atoms with Gasteiger partial charge in [-0.25, -0.2) is 8.78 Å². The highest BCUT2D eigenvalue weighted by atomic mass is 32.2. The van der Waals surface area contributed by atoms with Crippen LogP contribution in [0.2, 0.25) is 0 Å². The van der Waals surface area contributed by atoms with E-state index in [4.69, 9.17) is 10.8 Å². The van der Waals surface area contributed by atoms with Crippen molar-refractivity contribution in [1.29, 1.82) is 10.8 Å². The predicted molar refractivity (Wildman–Crippen MR) is 93.4 cm³/mol. The molecule has 4 N–H and O–H groups in total. The van der Waals surface area contributed by atoms with Gasteiger partial charge in [-0.05, 0) is 26.0 Å². The average molecular weight is 353 g/mol. The molecule has 8 heteroatoms. The van der Waals surface area contributed by atoms with Gasteiger partial charge in [0, 0.05) is 18.7 Å². The molecule has 0 saturated heterocycles. The van der Waals surface area contributed by atoms with Crippen LogP contribution in [0.5, 0.6) is 5.75 Å². The summed E-state index contributed by atoms with van der Waals surface area (Å²) in [4.78, 5) is 14.5. The zero-order valence-electron chi connectivity index (χ0n) is 13.1. The zero-order valence-corrected chi connectivity index (χ0v) is 13.9. The van der Waals surface area contributed by atoms with Crippen molar-refractivity contribution in [2.75, 3.05) is 0 Å². The van der Waals surface area contributed by atoms with Crippen molar-refractivity contribution < 1.29 is 13.9 Å². The maximum Gasteiger partial charge on any atom is 0.233 e. The largest absolute Gasteiger partial charge is 0.503 e. The molecule has 0 atom stereocenters. The first-order chi connectivity index (χ1) is 11.3. The molecule has 24 heavy (non-hydrogen) atoms. The van der Waals surface area contributed by atoms with E-state index in [9.17, 15) is 18.7 Å². The van der Waals surface area contributed by atoms with Crippen molar-refractivity contribution in [3.63, 3.8) is 0 Å². The Labute approximate surface area is 141 Å². The fourth-order valence-electron chi connectivity index (χ4n) is 1.59. The number of hydrogen-bond acceptors (Lipinski definition) is 5. The number of rotatable bonds is 5. The van der Waals surface area contributed by atoms with Gasteiger partial charge in [-0.1, -0.05) is 17.8 Å². The fraction of sp³-hybridized carbons (Fsp3) is 0.188. The summed E-state index contributed by atoms with van der Waals surface area (Å²) < 4.78 is 26.5. The third-order valence-corrected chi connectivity index (χ3v) is 3.64. The van der Waals surface area contributed by atoms with Gasteiger partial charge in [-0.3, -0.25) is 15.6 Å². The highest BCUT2D eigenvalue weighted by Crippen LogP contribution is 2.17. The minimum atomic E-state index is -0.840. The Bertz CT molecular complexity index is 795. The van der Waals surface area contributed by atoms with Gasteiger partial charge in [-0.2, -0.15) is 0 Å². The van der Waals surface area contributed by atoms with Gasteiger partial charge in [0.2, 0.25) is 5.43 Å². The molecule has 0 aliphatic carbocycles. The first-order valence-corrected chi connectivity index (χ1v) is 7.68. The van der Waals surface area contributed by atoms with Crippen LogP contribution < -0.4 is 5.43 Å². The fourth-order valence-corrected chi connectivity index (χ4v) is 2.26. The normalized spacial score (nSPS) is 12.7. The summed E-state index contributed by atoms with van der Waals surface area (Å²) in [6.45, 7) is 3.10. The maximum absolute atomic E-state index is 13.4. The van der Waals surface area contributed by atoms with Gasteiger partial charge in [-0.15, -0.1) is 0 Å². The molecule has 1 aromatic rings. The SMILES string of the molecule is C\C=C/C(F)=C\C(F)=C\CC(=N)SC(=N)c1c[nH]c(C)c(O)c1=O. The topological polar surface area (TPSA) is 101 Å². The van der Waals surface area contributed by atoms with Crippen molar-refractivity contribution in [1.82, 2.24) is 4.98 Å². The number of aromatic amines is 1. The lowest BCUT2D eigenvalue weighted by atomic mass is 10.2. The quantitative estimate of drug-likeness (QED) is 0.364. The van der Waals surface area contributed by atoms with Crippen LogP contribution in [0.4, 0.5) is 8.78 Å². The summed E-state index contributed by atoms with van der Waals surface area (Å²) in [6.07, 6.45) is 5.32. The minimum absolute atomic E-state index is 0.0867. The smallest absolute Gasteiger partial charge is 0.233 e. The number of allylic oxidation sites excluding steroid dienone is 6. The lowest BCUT2D eigenvalue weighted by molar-refractivity contribution is 0.462. The van der Waals surface area contributed by atoms with Crippen LogP contribution in [0.15, 0.2) is 46.9 Å². The highest BCUT2D eigenvalue weighted by Gasteiger charge is 2.14. The van der Waals surface area contributed by atoms with E-state index in [1.165, 1.54) is 19.2 Å². The molecule has 0 bridgehead atoms. The molecule has 0 amide bonds. The molecule has 0 aromatic carbocycles. The Morgan fingerprint density at radius 2 is 2.04 bits per heavy atom. The summed E-state index contributed by atoms with van der Waals surface area (Å²) in [5.74, 6) is -2.08. The molecular formula is C16H17F2N3O2S. The van der Waals surface area contributed by atoms with Crippen molar-refractivity contribution in [3.05, 3.63) is 63.6 Å². The van der Waals surface area contributed by atoms with E-state index >= 15 is 0 Å². The molecule has 0 aliphatic rings. The number of H-pyrrole nitrogens is 1. The lowest BCUT2D eigenvalue weighted by Crippen LogP contribution is -2.15. The summed E-state index contributed by atoms with van der Waals surface area (Å²) in [7, 11) is 0. The molecule has 0 aliphatic heterocycles. The van der Waals surface area contributed by atoms with Crippen LogP contribution in [-0.2, 0) is 0 Å². The first-order valence-electron chi connectivity index (χ1n) is 6.87. The van der Waals surface area contributed by atoms with Gasteiger partial charge in [0.1, 0.15) is 16.7 Å². The number of thioether (sulfide) groups is 1. The van der Waals surface area contributed by atoms with Crippen LogP contribution in [0.1, 0.15) is 24.6 Å². The monoisotopic (exact) mass is 353 g/mol. The Balaban J connectivity index is 2.76. The van der Waals surface area contributed by atoms with E-state index in [2.05, 4.69) is 4.98 Å². The Hall–Kier alpha value is -2.48. The van der Waals surface area contributed by atoms with Crippen LogP contribution >= 0.6 is 11.8 Å². The number of nitrogens with one attached hydrogen (secondary N) is 3. The van der Waals surface area contributed by atoms with Crippen LogP contribution in [0.25, 0.3) is 0 Å². The van der Waals surface area contributed by atoms with Crippen molar-refractivity contribution in [3.8, 4) is 5.75 Å². The molecule has 0 radical (unpaired) electrons. The van der Waals surface area contributed by atoms with Crippen LogP contribution in [-0.4, -0.2) is 20.2 Å². The van der Waals surface area contributed by atoms with Gasteiger partial charge >= 0.3 is 0 Å². The molecule has 128 valence electrons. The molecule has 0 fully saturated rings. The molecule has 1 aromatic heterocycles. The Morgan fingerprint density at radius 3 is 2.67 bits per heavy atom. The van der Waals surface area contributed by atoms with Gasteiger partial charge in [0.05, 0.1) is 16.3 Å². The summed E-state index contributed by atoms with van der Waals surface area (Å²) >= 11 is 0.648. The number of aromatic nitrogens is 1. The third kappa shape index (κ3) is 5.62. The van der Waals surface area contributed by atoms with E-state index in [1.807, 2.05) is 0 Å². The molecule has 5 nitrogen and oxygen atoms in total. The second kappa shape index (κ2) is 8.97. The third-order valence-electron chi connectivity index (χ3n) is 2.80. The van der Waals surface area contributed by atoms with Crippen LogP contribution in [0.3, 0.4) is 0 Å². The summed E-state index contributed by atoms with van der Waals surface area (Å²) in [6, 6.07) is 0. The summed E-state index contributed by atoms with van der Waals surface area (Å²) in [5.41, 5.74) is -0.525. The zero-order chi connectivity index (χ0) is 18.3. The number of hydrogen-bond donors (Lipinski definition) is 4. The van der Waals surface area contributed by atoms with E-state index in [-0.39, 0.29) is 27.8 Å². The van der Waals surface area contributed by atoms with E-state index in [0.717, 1.165) is 12.2 Å². The van der Waals surface area contributed by atoms with Gasteiger partial charge < -0.3 is 10.1 Å². The molecule has 1 heterocycles. The van der Waals surface area contributed by atoms with Crippen LogP contribution in [0, 0.1) is 17.7 Å². The lowest BCUT2D eigenvalue weighted by Gasteiger charge is -2.05. The van der Waals surface area contributed by atoms with E-state index in [1.54, 1.807) is 6.92 Å². The summed E-state index contributed by atoms with van der Waals surface area (Å²) in [5, 5.41) is 24.7. The second-order valence-electron chi connectivity index (χ2n) is 4.68. The van der Waals surface area contributed by atoms with E-state index < -0.39 is 22.8 Å². The second-order valence-corrected chi connectivity index (χ2v) is 5.79. The van der Waals surface area contributed by atoms with Crippen molar-refractivity contribution in [2.24, 2.45) is 0 Å². The standard InChI is InChI=1S/C16H17F2N3O2S/c1-3-4-10(17)7-11(18)5-6-13(19)24-16(20)12-8-21-9(2)14(22)15(12)23/h3-5,7-8,19-20,22H,6H2,1-2H3,(H,21,23)/b4-3-,10-7+,11-5-,19-13?,20-16?. The van der Waals surface area contributed by atoms with Gasteiger partial charge in [0.15, 0.2) is 5.75 Å². The predicted octanol–water partition coefficient (Wildman–Crippen LogP) is 4.10. The maximum atomic E-state index is 13.4. The van der Waals surface area contributed by atoms with Gasteiger partial charge in [0.25, 0.3) is 0 Å². The molecule has 0 saturated carbocycles. The average Bonchev–Trinajstić information content (AvgIpc) is 2.50. The molecule has 0 spiro atoms.